The Morgan fingerprint density at radius 1 is 1.19 bits per heavy atom. The Morgan fingerprint density at radius 2 is 1.85 bits per heavy atom. The van der Waals surface area contributed by atoms with Crippen molar-refractivity contribution in [3.8, 4) is 0 Å². The molecule has 3 aromatic rings. The third-order valence-electron chi connectivity index (χ3n) is 4.07. The first-order valence-corrected chi connectivity index (χ1v) is 9.38. The lowest BCUT2D eigenvalue weighted by molar-refractivity contribution is -0.116. The molecule has 1 N–H and O–H groups in total. The van der Waals surface area contributed by atoms with Gasteiger partial charge in [0.1, 0.15) is 4.88 Å². The normalized spacial score (nSPS) is 10.9. The van der Waals surface area contributed by atoms with Gasteiger partial charge >= 0.3 is 11.7 Å². The van der Waals surface area contributed by atoms with E-state index in [1.165, 1.54) is 13.3 Å². The number of aryl methyl sites for hydroxylation is 2. The van der Waals surface area contributed by atoms with Gasteiger partial charge in [0.05, 0.1) is 24.3 Å². The first-order valence-electron chi connectivity index (χ1n) is 8.57. The lowest BCUT2D eigenvalue weighted by Crippen LogP contribution is -2.26. The van der Waals surface area contributed by atoms with E-state index in [0.717, 1.165) is 28.8 Å². The number of imidazole rings is 1. The third-order valence-corrected chi connectivity index (χ3v) is 4.97. The Hall–Kier alpha value is -2.94. The van der Waals surface area contributed by atoms with Gasteiger partial charge in [-0.25, -0.2) is 14.6 Å². The molecule has 0 atom stereocenters. The van der Waals surface area contributed by atoms with E-state index in [-0.39, 0.29) is 24.6 Å². The van der Waals surface area contributed by atoms with Crippen LogP contribution in [0.2, 0.25) is 0 Å². The van der Waals surface area contributed by atoms with Crippen LogP contribution in [0.4, 0.5) is 5.13 Å². The molecule has 0 aliphatic heterocycles. The van der Waals surface area contributed by atoms with Crippen molar-refractivity contribution in [2.24, 2.45) is 0 Å². The number of carbonyl (C=O) groups is 2. The fourth-order valence-electron chi connectivity index (χ4n) is 2.85. The highest BCUT2D eigenvalue weighted by Crippen LogP contribution is 2.19. The number of nitrogens with zero attached hydrogens (tertiary/aromatic N) is 3. The van der Waals surface area contributed by atoms with Crippen LogP contribution in [0.25, 0.3) is 11.0 Å². The van der Waals surface area contributed by atoms with Gasteiger partial charge in [-0.2, -0.15) is 0 Å². The molecule has 0 saturated carbocycles. The molecule has 3 rings (SSSR count). The number of fused-ring (bicyclic) bond motifs is 1. The van der Waals surface area contributed by atoms with Crippen LogP contribution < -0.4 is 11.0 Å². The number of hydrogen-bond acceptors (Lipinski definition) is 6. The van der Waals surface area contributed by atoms with Crippen molar-refractivity contribution in [1.29, 1.82) is 0 Å². The van der Waals surface area contributed by atoms with E-state index in [9.17, 15) is 14.4 Å². The molecule has 0 fully saturated rings. The number of ether oxygens (including phenoxy) is 1. The Kier molecular flexibility index (Phi) is 5.70. The molecule has 8 nitrogen and oxygen atoms in total. The highest BCUT2D eigenvalue weighted by molar-refractivity contribution is 7.17. The fourth-order valence-corrected chi connectivity index (χ4v) is 3.60. The summed E-state index contributed by atoms with van der Waals surface area (Å²) in [6.45, 7) is 2.91. The molecular weight excluding hydrogens is 368 g/mol. The summed E-state index contributed by atoms with van der Waals surface area (Å²) in [6.07, 6.45) is 2.32. The number of thiazole rings is 1. The minimum atomic E-state index is -0.497. The number of para-hydroxylation sites is 2. The number of esters is 1. The average Bonchev–Trinajstić information content (AvgIpc) is 3.23. The van der Waals surface area contributed by atoms with Crippen molar-refractivity contribution in [2.75, 3.05) is 12.4 Å². The zero-order chi connectivity index (χ0) is 19.4. The van der Waals surface area contributed by atoms with Gasteiger partial charge < -0.3 is 10.1 Å². The van der Waals surface area contributed by atoms with E-state index in [1.54, 1.807) is 9.13 Å². The van der Waals surface area contributed by atoms with Crippen molar-refractivity contribution in [1.82, 2.24) is 14.1 Å². The number of hydrogen-bond donors (Lipinski definition) is 1. The quantitative estimate of drug-likeness (QED) is 0.628. The minimum absolute atomic E-state index is 0.118. The largest absolute Gasteiger partial charge is 0.465 e. The van der Waals surface area contributed by atoms with Gasteiger partial charge in [0.15, 0.2) is 5.13 Å². The number of aromatic nitrogens is 3. The lowest BCUT2D eigenvalue weighted by Gasteiger charge is -2.03. The van der Waals surface area contributed by atoms with Gasteiger partial charge in [0.2, 0.25) is 5.91 Å². The summed E-state index contributed by atoms with van der Waals surface area (Å²) in [5.74, 6) is -0.775. The van der Waals surface area contributed by atoms with E-state index in [4.69, 9.17) is 0 Å². The van der Waals surface area contributed by atoms with Crippen molar-refractivity contribution >= 4 is 39.4 Å². The van der Waals surface area contributed by atoms with Crippen LogP contribution >= 0.6 is 11.3 Å². The molecule has 1 amide bonds. The molecule has 142 valence electrons. The van der Waals surface area contributed by atoms with Crippen LogP contribution in [0.15, 0.2) is 35.3 Å². The second-order valence-electron chi connectivity index (χ2n) is 5.89. The first-order chi connectivity index (χ1) is 13.0. The minimum Gasteiger partial charge on any atom is -0.465 e. The van der Waals surface area contributed by atoms with Gasteiger partial charge in [0.25, 0.3) is 0 Å². The molecular formula is C18H20N4O4S. The van der Waals surface area contributed by atoms with Crippen LogP contribution in [0, 0.1) is 0 Å². The summed E-state index contributed by atoms with van der Waals surface area (Å²) in [7, 11) is 1.28. The van der Waals surface area contributed by atoms with Crippen molar-refractivity contribution < 1.29 is 14.3 Å². The standard InChI is InChI=1S/C18H20N4O4S/c1-3-9-21-12-6-4-5-7-13(12)22(18(21)25)10-8-15(23)20-17-19-11-14(27-17)16(24)26-2/h4-7,11H,3,8-10H2,1-2H3,(H,19,20,23). The predicted molar refractivity (Wildman–Crippen MR) is 103 cm³/mol. The lowest BCUT2D eigenvalue weighted by atomic mass is 10.3. The third kappa shape index (κ3) is 3.92. The molecule has 0 radical (unpaired) electrons. The smallest absolute Gasteiger partial charge is 0.349 e. The van der Waals surface area contributed by atoms with E-state index < -0.39 is 5.97 Å². The second kappa shape index (κ2) is 8.17. The molecule has 0 aliphatic carbocycles. The summed E-state index contributed by atoms with van der Waals surface area (Å²) in [4.78, 5) is 40.7. The molecule has 0 unspecified atom stereocenters. The molecule has 2 heterocycles. The van der Waals surface area contributed by atoms with Crippen LogP contribution in [-0.2, 0) is 22.6 Å². The molecule has 2 aromatic heterocycles. The predicted octanol–water partition coefficient (Wildman–Crippen LogP) is 2.48. The van der Waals surface area contributed by atoms with Crippen molar-refractivity contribution in [2.45, 2.75) is 32.9 Å². The highest BCUT2D eigenvalue weighted by Gasteiger charge is 2.15. The Morgan fingerprint density at radius 3 is 2.48 bits per heavy atom. The SMILES string of the molecule is CCCn1c(=O)n(CCC(=O)Nc2ncc(C(=O)OC)s2)c2ccccc21. The number of amides is 1. The molecule has 0 spiro atoms. The van der Waals surface area contributed by atoms with E-state index >= 15 is 0 Å². The summed E-state index contributed by atoms with van der Waals surface area (Å²) in [5.41, 5.74) is 1.56. The zero-order valence-corrected chi connectivity index (χ0v) is 15.9. The Labute approximate surface area is 159 Å². The van der Waals surface area contributed by atoms with E-state index in [1.807, 2.05) is 31.2 Å². The maximum Gasteiger partial charge on any atom is 0.349 e. The van der Waals surface area contributed by atoms with Gasteiger partial charge in [-0.05, 0) is 18.6 Å². The maximum absolute atomic E-state index is 12.7. The second-order valence-corrected chi connectivity index (χ2v) is 6.92. The fraction of sp³-hybridized carbons (Fsp3) is 0.333. The Balaban J connectivity index is 1.72. The van der Waals surface area contributed by atoms with Crippen LogP contribution in [-0.4, -0.2) is 33.1 Å². The average molecular weight is 388 g/mol. The number of anilines is 1. The first kappa shape index (κ1) is 18.8. The molecule has 27 heavy (non-hydrogen) atoms. The molecule has 0 bridgehead atoms. The van der Waals surface area contributed by atoms with Gasteiger partial charge in [0, 0.05) is 19.5 Å². The number of nitrogens with one attached hydrogen (secondary N) is 1. The summed E-state index contributed by atoms with van der Waals surface area (Å²) in [5, 5.41) is 2.97. The summed E-state index contributed by atoms with van der Waals surface area (Å²) in [6, 6.07) is 7.56. The van der Waals surface area contributed by atoms with Crippen molar-refractivity contribution in [3.63, 3.8) is 0 Å². The topological polar surface area (TPSA) is 95.2 Å². The maximum atomic E-state index is 12.7. The van der Waals surface area contributed by atoms with E-state index in [0.29, 0.717) is 16.6 Å². The van der Waals surface area contributed by atoms with E-state index in [2.05, 4.69) is 15.0 Å². The monoisotopic (exact) mass is 388 g/mol. The molecule has 0 aliphatic rings. The Bertz CT molecular complexity index is 1030. The molecule has 9 heteroatoms. The number of benzene rings is 1. The van der Waals surface area contributed by atoms with Gasteiger partial charge in [-0.15, -0.1) is 0 Å². The van der Waals surface area contributed by atoms with Crippen molar-refractivity contribution in [3.05, 3.63) is 45.8 Å². The van der Waals surface area contributed by atoms with Gasteiger partial charge in [-0.3, -0.25) is 13.9 Å². The molecule has 0 saturated heterocycles. The number of rotatable bonds is 7. The summed E-state index contributed by atoms with van der Waals surface area (Å²) >= 11 is 1.04. The molecule has 1 aromatic carbocycles. The number of carbonyl (C=O) groups excluding carboxylic acids is 2. The highest BCUT2D eigenvalue weighted by atomic mass is 32.1. The summed E-state index contributed by atoms with van der Waals surface area (Å²) < 4.78 is 7.96. The zero-order valence-electron chi connectivity index (χ0n) is 15.1. The van der Waals surface area contributed by atoms with Crippen LogP contribution in [0.1, 0.15) is 29.4 Å². The number of methoxy groups -OCH3 is 1. The van der Waals surface area contributed by atoms with Crippen LogP contribution in [0.5, 0.6) is 0 Å². The van der Waals surface area contributed by atoms with Crippen LogP contribution in [0.3, 0.4) is 0 Å². The van der Waals surface area contributed by atoms with Gasteiger partial charge in [-0.1, -0.05) is 30.4 Å².